The smallest absolute Gasteiger partial charge is 0.251 e. The normalized spacial score (nSPS) is 16.7. The van der Waals surface area contributed by atoms with Gasteiger partial charge in [0.2, 0.25) is 5.91 Å². The number of ether oxygens (including phenoxy) is 1. The van der Waals surface area contributed by atoms with Crippen LogP contribution in [0.25, 0.3) is 0 Å². The van der Waals surface area contributed by atoms with Crippen LogP contribution in [0.1, 0.15) is 41.8 Å². The Hall–Kier alpha value is -2.71. The van der Waals surface area contributed by atoms with Gasteiger partial charge in [0.05, 0.1) is 19.3 Å². The highest BCUT2D eigenvalue weighted by Crippen LogP contribution is 2.23. The minimum atomic E-state index is -0.721. The molecule has 0 saturated carbocycles. The molecule has 1 aliphatic rings. The predicted octanol–water partition coefficient (Wildman–Crippen LogP) is 2.67. The van der Waals surface area contributed by atoms with Gasteiger partial charge in [0.15, 0.2) is 0 Å². The summed E-state index contributed by atoms with van der Waals surface area (Å²) in [7, 11) is 0. The molecule has 7 nitrogen and oxygen atoms in total. The second kappa shape index (κ2) is 10.5. The van der Waals surface area contributed by atoms with Crippen LogP contribution in [0.2, 0.25) is 0 Å². The number of furan rings is 1. The van der Waals surface area contributed by atoms with Crippen molar-refractivity contribution in [1.82, 2.24) is 15.5 Å². The molecule has 2 aromatic rings. The molecule has 2 amide bonds. The Labute approximate surface area is 181 Å². The molecule has 3 rings (SSSR count). The average Bonchev–Trinajstić information content (AvgIpc) is 3.18. The molecule has 1 aromatic heterocycles. The van der Waals surface area contributed by atoms with E-state index in [9.17, 15) is 14.0 Å². The molecule has 0 spiro atoms. The zero-order valence-corrected chi connectivity index (χ0v) is 18.2. The first-order valence-corrected chi connectivity index (χ1v) is 10.6. The fourth-order valence-electron chi connectivity index (χ4n) is 3.60. The third-order valence-corrected chi connectivity index (χ3v) is 5.39. The molecule has 2 atom stereocenters. The van der Waals surface area contributed by atoms with Gasteiger partial charge in [-0.3, -0.25) is 14.5 Å². The Kier molecular flexibility index (Phi) is 7.81. The molecule has 2 unspecified atom stereocenters. The lowest BCUT2D eigenvalue weighted by Crippen LogP contribution is -2.51. The van der Waals surface area contributed by atoms with Gasteiger partial charge in [-0.05, 0) is 49.2 Å². The van der Waals surface area contributed by atoms with Crippen LogP contribution in [0.5, 0.6) is 0 Å². The number of rotatable bonds is 8. The van der Waals surface area contributed by atoms with Crippen molar-refractivity contribution >= 4 is 11.8 Å². The molecule has 1 aliphatic heterocycles. The van der Waals surface area contributed by atoms with Crippen LogP contribution in [-0.2, 0) is 9.53 Å². The van der Waals surface area contributed by atoms with Gasteiger partial charge in [-0.15, -0.1) is 0 Å². The van der Waals surface area contributed by atoms with Gasteiger partial charge in [0, 0.05) is 25.2 Å². The molecule has 1 saturated heterocycles. The second-order valence-electron chi connectivity index (χ2n) is 8.06. The Morgan fingerprint density at radius 1 is 1.10 bits per heavy atom. The zero-order valence-electron chi connectivity index (χ0n) is 18.2. The maximum atomic E-state index is 13.1. The van der Waals surface area contributed by atoms with E-state index in [0.29, 0.717) is 25.3 Å². The third-order valence-electron chi connectivity index (χ3n) is 5.39. The number of halogens is 1. The van der Waals surface area contributed by atoms with E-state index in [1.807, 2.05) is 32.9 Å². The lowest BCUT2D eigenvalue weighted by atomic mass is 10.0. The van der Waals surface area contributed by atoms with Gasteiger partial charge in [-0.2, -0.15) is 0 Å². The largest absolute Gasteiger partial charge is 0.465 e. The van der Waals surface area contributed by atoms with Gasteiger partial charge < -0.3 is 19.8 Å². The lowest BCUT2D eigenvalue weighted by Gasteiger charge is -2.34. The van der Waals surface area contributed by atoms with E-state index in [1.54, 1.807) is 0 Å². The number of hydrogen-bond acceptors (Lipinski definition) is 5. The van der Waals surface area contributed by atoms with Crippen LogP contribution < -0.4 is 10.6 Å². The van der Waals surface area contributed by atoms with E-state index >= 15 is 0 Å². The molecule has 168 valence electrons. The first-order valence-electron chi connectivity index (χ1n) is 10.6. The molecule has 8 heteroatoms. The summed E-state index contributed by atoms with van der Waals surface area (Å²) in [5, 5.41) is 5.75. The summed E-state index contributed by atoms with van der Waals surface area (Å²) in [6.07, 6.45) is 0. The molecule has 1 fully saturated rings. The molecular formula is C23H30FN3O4. The highest BCUT2D eigenvalue weighted by molar-refractivity contribution is 5.97. The van der Waals surface area contributed by atoms with Crippen molar-refractivity contribution in [2.75, 3.05) is 32.8 Å². The topological polar surface area (TPSA) is 83.8 Å². The number of nitrogens with one attached hydrogen (secondary N) is 2. The fraction of sp³-hybridized carbons (Fsp3) is 0.478. The van der Waals surface area contributed by atoms with Gasteiger partial charge in [0.1, 0.15) is 23.4 Å². The predicted molar refractivity (Wildman–Crippen MR) is 114 cm³/mol. The summed E-state index contributed by atoms with van der Waals surface area (Å²) < 4.78 is 24.4. The van der Waals surface area contributed by atoms with Crippen molar-refractivity contribution in [3.63, 3.8) is 0 Å². The maximum Gasteiger partial charge on any atom is 0.251 e. The van der Waals surface area contributed by atoms with Crippen LogP contribution >= 0.6 is 0 Å². The highest BCUT2D eigenvalue weighted by atomic mass is 19.1. The van der Waals surface area contributed by atoms with Crippen LogP contribution in [0.3, 0.4) is 0 Å². The first-order chi connectivity index (χ1) is 14.8. The van der Waals surface area contributed by atoms with E-state index in [-0.39, 0.29) is 17.9 Å². The highest BCUT2D eigenvalue weighted by Gasteiger charge is 2.29. The maximum absolute atomic E-state index is 13.1. The SMILES string of the molecule is Cc1ccc(C(CNC(=O)C(NC(=O)c2ccc(F)cc2)C(C)C)N2CCOCC2)o1. The Balaban J connectivity index is 1.66. The summed E-state index contributed by atoms with van der Waals surface area (Å²) in [4.78, 5) is 27.7. The van der Waals surface area contributed by atoms with Crippen molar-refractivity contribution in [3.8, 4) is 0 Å². The molecule has 1 aromatic carbocycles. The number of nitrogens with zero attached hydrogens (tertiary/aromatic N) is 1. The van der Waals surface area contributed by atoms with E-state index in [1.165, 1.54) is 24.3 Å². The van der Waals surface area contributed by atoms with Gasteiger partial charge in [0.25, 0.3) is 5.91 Å². The zero-order chi connectivity index (χ0) is 22.4. The van der Waals surface area contributed by atoms with Crippen molar-refractivity contribution < 1.29 is 23.1 Å². The van der Waals surface area contributed by atoms with Gasteiger partial charge >= 0.3 is 0 Å². The number of benzene rings is 1. The number of hydrogen-bond donors (Lipinski definition) is 2. The van der Waals surface area contributed by atoms with Gasteiger partial charge in [-0.1, -0.05) is 13.8 Å². The van der Waals surface area contributed by atoms with Crippen molar-refractivity contribution in [2.45, 2.75) is 32.9 Å². The number of morpholine rings is 1. The second-order valence-corrected chi connectivity index (χ2v) is 8.06. The minimum absolute atomic E-state index is 0.123. The summed E-state index contributed by atoms with van der Waals surface area (Å²) in [6.45, 7) is 8.72. The molecule has 0 aliphatic carbocycles. The van der Waals surface area contributed by atoms with Crippen LogP contribution in [0.4, 0.5) is 4.39 Å². The Bertz CT molecular complexity index is 875. The lowest BCUT2D eigenvalue weighted by molar-refractivity contribution is -0.124. The molecule has 31 heavy (non-hydrogen) atoms. The van der Waals surface area contributed by atoms with E-state index in [0.717, 1.165) is 24.6 Å². The van der Waals surface area contributed by atoms with Crippen molar-refractivity contribution in [1.29, 1.82) is 0 Å². The number of carbonyl (C=O) groups is 2. The summed E-state index contributed by atoms with van der Waals surface area (Å²) in [5.41, 5.74) is 0.303. The fourth-order valence-corrected chi connectivity index (χ4v) is 3.60. The number of aryl methyl sites for hydroxylation is 1. The Morgan fingerprint density at radius 3 is 2.35 bits per heavy atom. The van der Waals surface area contributed by atoms with Crippen molar-refractivity contribution in [2.24, 2.45) is 5.92 Å². The quantitative estimate of drug-likeness (QED) is 0.672. The summed E-state index contributed by atoms with van der Waals surface area (Å²) >= 11 is 0. The summed E-state index contributed by atoms with van der Waals surface area (Å²) in [6, 6.07) is 8.22. The molecular weight excluding hydrogens is 401 g/mol. The monoisotopic (exact) mass is 431 g/mol. The van der Waals surface area contributed by atoms with Crippen LogP contribution in [0.15, 0.2) is 40.8 Å². The standard InChI is InChI=1S/C23H30FN3O4/c1-15(2)21(26-22(28)17-5-7-18(24)8-6-17)23(29)25-14-19(20-9-4-16(3)31-20)27-10-12-30-13-11-27/h4-9,15,19,21H,10-14H2,1-3H3,(H,25,29)(H,26,28). The average molecular weight is 432 g/mol. The van der Waals surface area contributed by atoms with E-state index in [2.05, 4.69) is 15.5 Å². The molecule has 2 N–H and O–H groups in total. The molecule has 2 heterocycles. The van der Waals surface area contributed by atoms with Crippen LogP contribution in [0, 0.1) is 18.7 Å². The van der Waals surface area contributed by atoms with Crippen molar-refractivity contribution in [3.05, 3.63) is 59.3 Å². The number of amides is 2. The van der Waals surface area contributed by atoms with Gasteiger partial charge in [-0.25, -0.2) is 4.39 Å². The van der Waals surface area contributed by atoms with E-state index < -0.39 is 17.8 Å². The molecule has 0 radical (unpaired) electrons. The third kappa shape index (κ3) is 6.15. The summed E-state index contributed by atoms with van der Waals surface area (Å²) in [5.74, 6) is 0.365. The van der Waals surface area contributed by atoms with E-state index in [4.69, 9.17) is 9.15 Å². The van der Waals surface area contributed by atoms with Crippen LogP contribution in [-0.4, -0.2) is 55.6 Å². The minimum Gasteiger partial charge on any atom is -0.465 e. The first kappa shape index (κ1) is 23.0. The number of carbonyl (C=O) groups excluding carboxylic acids is 2. The Morgan fingerprint density at radius 2 is 1.77 bits per heavy atom. The molecule has 0 bridgehead atoms.